The van der Waals surface area contributed by atoms with E-state index < -0.39 is 5.60 Å². The van der Waals surface area contributed by atoms with Gasteiger partial charge in [0.05, 0.1) is 0 Å². The number of benzene rings is 2. The van der Waals surface area contributed by atoms with Crippen LogP contribution in [0, 0.1) is 0 Å². The minimum Gasteiger partial charge on any atom is -0.490 e. The molecule has 2 N–H and O–H groups in total. The lowest BCUT2D eigenvalue weighted by Gasteiger charge is -2.24. The van der Waals surface area contributed by atoms with E-state index in [0.29, 0.717) is 6.54 Å². The first-order valence-electron chi connectivity index (χ1n) is 6.66. The van der Waals surface area contributed by atoms with Crippen LogP contribution in [0.4, 0.5) is 0 Å². The van der Waals surface area contributed by atoms with E-state index in [1.807, 2.05) is 37.3 Å². The van der Waals surface area contributed by atoms with Gasteiger partial charge >= 0.3 is 0 Å². The summed E-state index contributed by atoms with van der Waals surface area (Å²) in [6, 6.07) is 14.0. The SMILES string of the molecule is CCNCC(C)(O)COc1cccc2ccccc12. The van der Waals surface area contributed by atoms with Gasteiger partial charge in [0.1, 0.15) is 18.0 Å². The summed E-state index contributed by atoms with van der Waals surface area (Å²) < 4.78 is 5.79. The molecule has 0 saturated heterocycles. The molecule has 0 bridgehead atoms. The summed E-state index contributed by atoms with van der Waals surface area (Å²) in [6.07, 6.45) is 0. The Hall–Kier alpha value is -1.58. The fourth-order valence-corrected chi connectivity index (χ4v) is 2.00. The number of likely N-dealkylation sites (N-methyl/N-ethyl adjacent to an activating group) is 1. The minimum absolute atomic E-state index is 0.272. The highest BCUT2D eigenvalue weighted by molar-refractivity contribution is 5.88. The van der Waals surface area contributed by atoms with Gasteiger partial charge in [-0.3, -0.25) is 0 Å². The van der Waals surface area contributed by atoms with Crippen LogP contribution in [0.5, 0.6) is 5.75 Å². The monoisotopic (exact) mass is 259 g/mol. The third-order valence-electron chi connectivity index (χ3n) is 3.04. The Morgan fingerprint density at radius 3 is 2.68 bits per heavy atom. The van der Waals surface area contributed by atoms with E-state index in [9.17, 15) is 5.11 Å². The highest BCUT2D eigenvalue weighted by Crippen LogP contribution is 2.25. The molecule has 1 unspecified atom stereocenters. The van der Waals surface area contributed by atoms with Crippen LogP contribution in [0.2, 0.25) is 0 Å². The number of aliphatic hydroxyl groups is 1. The second-order valence-corrected chi connectivity index (χ2v) is 5.04. The predicted molar refractivity (Wildman–Crippen MR) is 78.6 cm³/mol. The number of ether oxygens (including phenoxy) is 1. The molecule has 2 aromatic carbocycles. The quantitative estimate of drug-likeness (QED) is 0.838. The van der Waals surface area contributed by atoms with E-state index in [1.54, 1.807) is 6.92 Å². The van der Waals surface area contributed by atoms with Crippen molar-refractivity contribution in [1.29, 1.82) is 0 Å². The summed E-state index contributed by atoms with van der Waals surface area (Å²) in [5.41, 5.74) is -0.868. The number of fused-ring (bicyclic) bond motifs is 1. The summed E-state index contributed by atoms with van der Waals surface area (Å²) in [5, 5.41) is 15.5. The Labute approximate surface area is 114 Å². The average molecular weight is 259 g/mol. The maximum Gasteiger partial charge on any atom is 0.127 e. The summed E-state index contributed by atoms with van der Waals surface area (Å²) >= 11 is 0. The maximum absolute atomic E-state index is 10.2. The van der Waals surface area contributed by atoms with Gasteiger partial charge in [-0.1, -0.05) is 43.3 Å². The molecule has 3 nitrogen and oxygen atoms in total. The van der Waals surface area contributed by atoms with Crippen molar-refractivity contribution in [2.75, 3.05) is 19.7 Å². The first-order valence-corrected chi connectivity index (χ1v) is 6.66. The first-order chi connectivity index (χ1) is 9.12. The van der Waals surface area contributed by atoms with E-state index in [2.05, 4.69) is 17.4 Å². The van der Waals surface area contributed by atoms with Gasteiger partial charge in [0.15, 0.2) is 0 Å². The molecule has 0 saturated carbocycles. The Morgan fingerprint density at radius 1 is 1.16 bits per heavy atom. The smallest absolute Gasteiger partial charge is 0.127 e. The van der Waals surface area contributed by atoms with Crippen LogP contribution in [-0.4, -0.2) is 30.4 Å². The molecule has 0 spiro atoms. The zero-order valence-electron chi connectivity index (χ0n) is 11.5. The molecular formula is C16H21NO2. The van der Waals surface area contributed by atoms with Crippen molar-refractivity contribution in [3.63, 3.8) is 0 Å². The number of hydrogen-bond donors (Lipinski definition) is 2. The van der Waals surface area contributed by atoms with Crippen molar-refractivity contribution in [2.45, 2.75) is 19.4 Å². The zero-order valence-corrected chi connectivity index (χ0v) is 11.5. The fourth-order valence-electron chi connectivity index (χ4n) is 2.00. The van der Waals surface area contributed by atoms with Crippen LogP contribution in [0.1, 0.15) is 13.8 Å². The Bertz CT molecular complexity index is 532. The topological polar surface area (TPSA) is 41.5 Å². The molecule has 0 amide bonds. The molecule has 0 aliphatic heterocycles. The van der Waals surface area contributed by atoms with Crippen LogP contribution in [0.3, 0.4) is 0 Å². The van der Waals surface area contributed by atoms with Gasteiger partial charge in [-0.05, 0) is 24.9 Å². The van der Waals surface area contributed by atoms with Gasteiger partial charge in [-0.15, -0.1) is 0 Å². The fraction of sp³-hybridized carbons (Fsp3) is 0.375. The molecule has 2 rings (SSSR count). The van der Waals surface area contributed by atoms with E-state index in [-0.39, 0.29) is 6.61 Å². The van der Waals surface area contributed by atoms with Crippen LogP contribution in [0.15, 0.2) is 42.5 Å². The van der Waals surface area contributed by atoms with Crippen molar-refractivity contribution < 1.29 is 9.84 Å². The van der Waals surface area contributed by atoms with Gasteiger partial charge in [0.2, 0.25) is 0 Å². The van der Waals surface area contributed by atoms with Crippen LogP contribution in [-0.2, 0) is 0 Å². The molecular weight excluding hydrogens is 238 g/mol. The third-order valence-corrected chi connectivity index (χ3v) is 3.04. The molecule has 19 heavy (non-hydrogen) atoms. The molecule has 0 aromatic heterocycles. The summed E-state index contributed by atoms with van der Waals surface area (Å²) in [7, 11) is 0. The van der Waals surface area contributed by atoms with Crippen molar-refractivity contribution in [1.82, 2.24) is 5.32 Å². The number of nitrogens with one attached hydrogen (secondary N) is 1. The summed E-state index contributed by atoms with van der Waals surface area (Å²) in [4.78, 5) is 0. The van der Waals surface area contributed by atoms with Gasteiger partial charge < -0.3 is 15.2 Å². The Morgan fingerprint density at radius 2 is 1.89 bits per heavy atom. The second-order valence-electron chi connectivity index (χ2n) is 5.04. The van der Waals surface area contributed by atoms with Gasteiger partial charge in [0, 0.05) is 11.9 Å². The standard InChI is InChI=1S/C16H21NO2/c1-3-17-11-16(2,18)12-19-15-10-6-8-13-7-4-5-9-14(13)15/h4-10,17-18H,3,11-12H2,1-2H3. The second kappa shape index (κ2) is 6.04. The van der Waals surface area contributed by atoms with Crippen molar-refractivity contribution in [2.24, 2.45) is 0 Å². The molecule has 2 aromatic rings. The van der Waals surface area contributed by atoms with Gasteiger partial charge in [-0.2, -0.15) is 0 Å². The Kier molecular flexibility index (Phi) is 4.40. The molecule has 0 aliphatic rings. The third kappa shape index (κ3) is 3.69. The maximum atomic E-state index is 10.2. The molecule has 1 atom stereocenters. The predicted octanol–water partition coefficient (Wildman–Crippen LogP) is 2.58. The number of hydrogen-bond acceptors (Lipinski definition) is 3. The van der Waals surface area contributed by atoms with E-state index in [0.717, 1.165) is 23.1 Å². The van der Waals surface area contributed by atoms with Crippen molar-refractivity contribution >= 4 is 10.8 Å². The minimum atomic E-state index is -0.868. The lowest BCUT2D eigenvalue weighted by molar-refractivity contribution is 0.0132. The zero-order chi connectivity index (χ0) is 13.7. The van der Waals surface area contributed by atoms with Gasteiger partial charge in [-0.25, -0.2) is 0 Å². The van der Waals surface area contributed by atoms with Crippen LogP contribution < -0.4 is 10.1 Å². The lowest BCUT2D eigenvalue weighted by atomic mass is 10.1. The summed E-state index contributed by atoms with van der Waals surface area (Å²) in [5.74, 6) is 0.815. The van der Waals surface area contributed by atoms with Gasteiger partial charge in [0.25, 0.3) is 0 Å². The Balaban J connectivity index is 2.09. The molecule has 0 radical (unpaired) electrons. The molecule has 3 heteroatoms. The van der Waals surface area contributed by atoms with Crippen molar-refractivity contribution in [3.05, 3.63) is 42.5 Å². The van der Waals surface area contributed by atoms with Crippen LogP contribution >= 0.6 is 0 Å². The van der Waals surface area contributed by atoms with Crippen LogP contribution in [0.25, 0.3) is 10.8 Å². The summed E-state index contributed by atoms with van der Waals surface area (Å²) in [6.45, 7) is 5.43. The first kappa shape index (κ1) is 13.8. The van der Waals surface area contributed by atoms with E-state index >= 15 is 0 Å². The molecule has 0 heterocycles. The highest BCUT2D eigenvalue weighted by atomic mass is 16.5. The lowest BCUT2D eigenvalue weighted by Crippen LogP contribution is -2.42. The van der Waals surface area contributed by atoms with Crippen molar-refractivity contribution in [3.8, 4) is 5.75 Å². The van der Waals surface area contributed by atoms with E-state index in [4.69, 9.17) is 4.74 Å². The molecule has 0 fully saturated rings. The number of rotatable bonds is 6. The molecule has 102 valence electrons. The van der Waals surface area contributed by atoms with E-state index in [1.165, 1.54) is 0 Å². The average Bonchev–Trinajstić information content (AvgIpc) is 2.43. The normalized spacial score (nSPS) is 14.3. The highest BCUT2D eigenvalue weighted by Gasteiger charge is 2.20. The molecule has 0 aliphatic carbocycles. The largest absolute Gasteiger partial charge is 0.490 e.